The van der Waals surface area contributed by atoms with Crippen LogP contribution in [0, 0.1) is 17.8 Å². The zero-order chi connectivity index (χ0) is 38.5. The van der Waals surface area contributed by atoms with Crippen molar-refractivity contribution < 1.29 is 28.6 Å². The van der Waals surface area contributed by atoms with Gasteiger partial charge in [-0.1, -0.05) is 202 Å². The molecular formula is C46H88O6. The lowest BCUT2D eigenvalue weighted by Crippen LogP contribution is -2.30. The van der Waals surface area contributed by atoms with Gasteiger partial charge < -0.3 is 14.2 Å². The largest absolute Gasteiger partial charge is 0.462 e. The minimum atomic E-state index is -0.762. The van der Waals surface area contributed by atoms with E-state index in [1.165, 1.54) is 122 Å². The van der Waals surface area contributed by atoms with Crippen LogP contribution in [0.15, 0.2) is 0 Å². The van der Waals surface area contributed by atoms with Gasteiger partial charge in [-0.05, 0) is 37.0 Å². The van der Waals surface area contributed by atoms with Crippen molar-refractivity contribution in [3.8, 4) is 0 Å². The summed E-state index contributed by atoms with van der Waals surface area (Å²) in [5.74, 6) is 1.56. The molecule has 0 amide bonds. The third-order valence-corrected chi connectivity index (χ3v) is 10.5. The Balaban J connectivity index is 4.33. The normalized spacial score (nSPS) is 12.7. The number of ether oxygens (including phenoxy) is 3. The van der Waals surface area contributed by atoms with Crippen LogP contribution in [0.5, 0.6) is 0 Å². The van der Waals surface area contributed by atoms with E-state index >= 15 is 0 Å². The van der Waals surface area contributed by atoms with Gasteiger partial charge in [0.05, 0.1) is 0 Å². The van der Waals surface area contributed by atoms with Crippen LogP contribution in [-0.4, -0.2) is 37.2 Å². The Morgan fingerprint density at radius 1 is 0.385 bits per heavy atom. The SMILES string of the molecule is CCC(C)CCCCCCCCCCCCC(=O)OC[C@@H](COC(=O)CCCCCCCCCC(C)C)OC(=O)CCCCCCCCCC(C)C. The number of carbonyl (C=O) groups is 3. The molecular weight excluding hydrogens is 648 g/mol. The van der Waals surface area contributed by atoms with Crippen molar-refractivity contribution in [3.63, 3.8) is 0 Å². The third kappa shape index (κ3) is 38.1. The first-order chi connectivity index (χ1) is 25.1. The molecule has 308 valence electrons. The van der Waals surface area contributed by atoms with Gasteiger partial charge in [0, 0.05) is 19.3 Å². The highest BCUT2D eigenvalue weighted by Crippen LogP contribution is 2.17. The molecule has 0 bridgehead atoms. The van der Waals surface area contributed by atoms with Crippen molar-refractivity contribution in [3.05, 3.63) is 0 Å². The molecule has 0 aromatic carbocycles. The molecule has 0 saturated carbocycles. The maximum atomic E-state index is 12.7. The van der Waals surface area contributed by atoms with Crippen LogP contribution in [0.2, 0.25) is 0 Å². The second kappa shape index (κ2) is 37.7. The van der Waals surface area contributed by atoms with E-state index in [9.17, 15) is 14.4 Å². The molecule has 1 unspecified atom stereocenters. The van der Waals surface area contributed by atoms with E-state index < -0.39 is 6.10 Å². The summed E-state index contributed by atoms with van der Waals surface area (Å²) in [6.07, 6.45) is 33.8. The zero-order valence-corrected chi connectivity index (χ0v) is 35.6. The molecule has 0 aromatic rings. The van der Waals surface area contributed by atoms with Gasteiger partial charge in [0.25, 0.3) is 0 Å². The Kier molecular flexibility index (Phi) is 36.6. The molecule has 0 aromatic heterocycles. The van der Waals surface area contributed by atoms with E-state index in [1.807, 2.05) is 0 Å². The summed E-state index contributed by atoms with van der Waals surface area (Å²) < 4.78 is 16.7. The molecule has 2 atom stereocenters. The Morgan fingerprint density at radius 2 is 0.673 bits per heavy atom. The summed E-state index contributed by atoms with van der Waals surface area (Å²) in [7, 11) is 0. The first-order valence-corrected chi connectivity index (χ1v) is 22.6. The highest BCUT2D eigenvalue weighted by Gasteiger charge is 2.19. The maximum Gasteiger partial charge on any atom is 0.306 e. The van der Waals surface area contributed by atoms with Gasteiger partial charge in [0.1, 0.15) is 13.2 Å². The summed E-state index contributed by atoms with van der Waals surface area (Å²) in [5.41, 5.74) is 0. The van der Waals surface area contributed by atoms with Crippen LogP contribution in [0.3, 0.4) is 0 Å². The minimum Gasteiger partial charge on any atom is -0.462 e. The Morgan fingerprint density at radius 3 is 1.00 bits per heavy atom. The number of unbranched alkanes of at least 4 members (excludes halogenated alkanes) is 21. The first kappa shape index (κ1) is 50.4. The van der Waals surface area contributed by atoms with Crippen LogP contribution in [0.4, 0.5) is 0 Å². The topological polar surface area (TPSA) is 78.9 Å². The summed E-state index contributed by atoms with van der Waals surface area (Å²) in [6.45, 7) is 13.6. The summed E-state index contributed by atoms with van der Waals surface area (Å²) in [5, 5.41) is 0. The van der Waals surface area contributed by atoms with Crippen LogP contribution < -0.4 is 0 Å². The molecule has 0 aliphatic carbocycles. The Bertz CT molecular complexity index is 809. The van der Waals surface area contributed by atoms with Gasteiger partial charge in [0.15, 0.2) is 6.10 Å². The predicted octanol–water partition coefficient (Wildman–Crippen LogP) is 14.0. The van der Waals surface area contributed by atoms with Crippen molar-refractivity contribution in [1.29, 1.82) is 0 Å². The second-order valence-corrected chi connectivity index (χ2v) is 16.9. The van der Waals surface area contributed by atoms with E-state index in [-0.39, 0.29) is 31.1 Å². The predicted molar refractivity (Wildman–Crippen MR) is 219 cm³/mol. The molecule has 0 radical (unpaired) electrons. The highest BCUT2D eigenvalue weighted by atomic mass is 16.6. The van der Waals surface area contributed by atoms with Gasteiger partial charge in [-0.15, -0.1) is 0 Å². The maximum absolute atomic E-state index is 12.7. The lowest BCUT2D eigenvalue weighted by Gasteiger charge is -2.18. The smallest absolute Gasteiger partial charge is 0.306 e. The molecule has 52 heavy (non-hydrogen) atoms. The summed E-state index contributed by atoms with van der Waals surface area (Å²) >= 11 is 0. The summed E-state index contributed by atoms with van der Waals surface area (Å²) in [6, 6.07) is 0. The van der Waals surface area contributed by atoms with Crippen LogP contribution in [-0.2, 0) is 28.6 Å². The quantitative estimate of drug-likeness (QED) is 0.0355. The monoisotopic (exact) mass is 737 g/mol. The third-order valence-electron chi connectivity index (χ3n) is 10.5. The first-order valence-electron chi connectivity index (χ1n) is 22.6. The molecule has 0 aliphatic rings. The number of esters is 3. The van der Waals surface area contributed by atoms with Crippen LogP contribution in [0.1, 0.15) is 241 Å². The average Bonchev–Trinajstić information content (AvgIpc) is 3.11. The molecule has 0 heterocycles. The van der Waals surface area contributed by atoms with Crippen molar-refractivity contribution >= 4 is 17.9 Å². The molecule has 0 aliphatic heterocycles. The molecule has 0 spiro atoms. The molecule has 6 nitrogen and oxygen atoms in total. The van der Waals surface area contributed by atoms with Crippen molar-refractivity contribution in [2.24, 2.45) is 17.8 Å². The van der Waals surface area contributed by atoms with E-state index in [4.69, 9.17) is 14.2 Å². The van der Waals surface area contributed by atoms with E-state index in [2.05, 4.69) is 41.5 Å². The number of carbonyl (C=O) groups excluding carboxylic acids is 3. The van der Waals surface area contributed by atoms with Crippen LogP contribution >= 0.6 is 0 Å². The van der Waals surface area contributed by atoms with Gasteiger partial charge in [-0.2, -0.15) is 0 Å². The van der Waals surface area contributed by atoms with Gasteiger partial charge in [0.2, 0.25) is 0 Å². The fraction of sp³-hybridized carbons (Fsp3) is 0.935. The highest BCUT2D eigenvalue weighted by molar-refractivity contribution is 5.71. The molecule has 0 saturated heterocycles. The molecule has 6 heteroatoms. The Hall–Kier alpha value is -1.59. The van der Waals surface area contributed by atoms with E-state index in [0.717, 1.165) is 75.5 Å². The fourth-order valence-electron chi connectivity index (χ4n) is 6.67. The van der Waals surface area contributed by atoms with Gasteiger partial charge >= 0.3 is 17.9 Å². The van der Waals surface area contributed by atoms with Gasteiger partial charge in [-0.25, -0.2) is 0 Å². The number of rotatable bonds is 39. The lowest BCUT2D eigenvalue weighted by molar-refractivity contribution is -0.167. The number of hydrogen-bond donors (Lipinski definition) is 0. The van der Waals surface area contributed by atoms with Crippen LogP contribution in [0.25, 0.3) is 0 Å². The lowest BCUT2D eigenvalue weighted by atomic mass is 9.99. The molecule has 0 rings (SSSR count). The molecule has 0 fully saturated rings. The summed E-state index contributed by atoms with van der Waals surface area (Å²) in [4.78, 5) is 37.6. The minimum absolute atomic E-state index is 0.0671. The fourth-order valence-corrected chi connectivity index (χ4v) is 6.67. The van der Waals surface area contributed by atoms with Crippen molar-refractivity contribution in [1.82, 2.24) is 0 Å². The number of hydrogen-bond acceptors (Lipinski definition) is 6. The van der Waals surface area contributed by atoms with E-state index in [0.29, 0.717) is 19.3 Å². The Labute approximate surface area is 323 Å². The van der Waals surface area contributed by atoms with E-state index in [1.54, 1.807) is 0 Å². The second-order valence-electron chi connectivity index (χ2n) is 16.9. The zero-order valence-electron chi connectivity index (χ0n) is 35.6. The molecule has 0 N–H and O–H groups in total. The average molecular weight is 737 g/mol. The van der Waals surface area contributed by atoms with Gasteiger partial charge in [-0.3, -0.25) is 14.4 Å². The van der Waals surface area contributed by atoms with Crippen molar-refractivity contribution in [2.45, 2.75) is 247 Å². The van der Waals surface area contributed by atoms with Crippen molar-refractivity contribution in [2.75, 3.05) is 13.2 Å². The standard InChI is InChI=1S/C46H88O6/c1-7-42(6)34-28-22-16-10-8-9-11-17-23-29-35-44(47)50-38-43(52-46(49)37-31-25-19-13-15-21-27-33-41(4)5)39-51-45(48)36-30-24-18-12-14-20-26-32-40(2)3/h40-43H,7-39H2,1-6H3/t42?,43-/m0/s1.